The maximum absolute atomic E-state index is 6.26. The van der Waals surface area contributed by atoms with E-state index in [1.54, 1.807) is 0 Å². The van der Waals surface area contributed by atoms with Crippen molar-refractivity contribution in [3.05, 3.63) is 23.2 Å². The fraction of sp³-hybridized carbons (Fsp3) is 0.538. The van der Waals surface area contributed by atoms with Gasteiger partial charge in [0.2, 0.25) is 0 Å². The molecule has 0 radical (unpaired) electrons. The Balaban J connectivity index is 2.36. The van der Waals surface area contributed by atoms with Crippen LogP contribution in [0.4, 0.5) is 11.4 Å². The zero-order chi connectivity index (χ0) is 11.7. The molecule has 0 saturated carbocycles. The Morgan fingerprint density at radius 3 is 2.81 bits per heavy atom. The molecule has 3 heteroatoms. The van der Waals surface area contributed by atoms with Crippen molar-refractivity contribution in [1.29, 1.82) is 0 Å². The van der Waals surface area contributed by atoms with Gasteiger partial charge in [-0.15, -0.1) is 0 Å². The van der Waals surface area contributed by atoms with E-state index < -0.39 is 0 Å². The summed E-state index contributed by atoms with van der Waals surface area (Å²) in [6.07, 6.45) is 2.47. The van der Waals surface area contributed by atoms with Gasteiger partial charge in [-0.2, -0.15) is 0 Å². The summed E-state index contributed by atoms with van der Waals surface area (Å²) in [4.78, 5) is 2.38. The third-order valence-corrected chi connectivity index (χ3v) is 3.68. The van der Waals surface area contributed by atoms with E-state index in [1.807, 2.05) is 18.2 Å². The van der Waals surface area contributed by atoms with Crippen LogP contribution in [-0.2, 0) is 0 Å². The normalized spacial score (nSPS) is 20.8. The fourth-order valence-corrected chi connectivity index (χ4v) is 2.89. The first-order chi connectivity index (χ1) is 7.61. The number of benzene rings is 1. The molecule has 0 spiro atoms. The van der Waals surface area contributed by atoms with E-state index in [-0.39, 0.29) is 0 Å². The van der Waals surface area contributed by atoms with Gasteiger partial charge >= 0.3 is 0 Å². The second-order valence-electron chi connectivity index (χ2n) is 4.82. The summed E-state index contributed by atoms with van der Waals surface area (Å²) in [7, 11) is 0. The second kappa shape index (κ2) is 4.54. The van der Waals surface area contributed by atoms with E-state index in [2.05, 4.69) is 18.7 Å². The van der Waals surface area contributed by atoms with Crippen LogP contribution in [0.2, 0.25) is 5.02 Å². The minimum Gasteiger partial charge on any atom is -0.397 e. The van der Waals surface area contributed by atoms with Crippen molar-refractivity contribution >= 4 is 23.0 Å². The number of anilines is 2. The van der Waals surface area contributed by atoms with E-state index in [1.165, 1.54) is 12.8 Å². The molecule has 1 heterocycles. The van der Waals surface area contributed by atoms with Crippen molar-refractivity contribution in [3.63, 3.8) is 0 Å². The van der Waals surface area contributed by atoms with Crippen molar-refractivity contribution in [3.8, 4) is 0 Å². The molecule has 2 rings (SSSR count). The Morgan fingerprint density at radius 1 is 1.44 bits per heavy atom. The molecule has 16 heavy (non-hydrogen) atoms. The molecule has 0 aromatic heterocycles. The molecule has 1 atom stereocenters. The van der Waals surface area contributed by atoms with E-state index in [9.17, 15) is 0 Å². The SMILES string of the molecule is CC(C)C1CCCN1c1c(N)cccc1Cl. The number of para-hydroxylation sites is 1. The van der Waals surface area contributed by atoms with Crippen LogP contribution in [0.3, 0.4) is 0 Å². The fourth-order valence-electron chi connectivity index (χ4n) is 2.60. The zero-order valence-electron chi connectivity index (χ0n) is 9.91. The van der Waals surface area contributed by atoms with Gasteiger partial charge in [0.05, 0.1) is 16.4 Å². The molecule has 1 unspecified atom stereocenters. The molecular weight excluding hydrogens is 220 g/mol. The molecule has 1 saturated heterocycles. The third kappa shape index (κ3) is 1.99. The lowest BCUT2D eigenvalue weighted by atomic mass is 10.0. The molecule has 1 fully saturated rings. The number of hydrogen-bond donors (Lipinski definition) is 1. The zero-order valence-corrected chi connectivity index (χ0v) is 10.7. The molecule has 0 amide bonds. The summed E-state index contributed by atoms with van der Waals surface area (Å²) in [6, 6.07) is 6.32. The number of rotatable bonds is 2. The van der Waals surface area contributed by atoms with Crippen molar-refractivity contribution < 1.29 is 0 Å². The Kier molecular flexibility index (Phi) is 3.29. The molecule has 2 nitrogen and oxygen atoms in total. The van der Waals surface area contributed by atoms with Crippen LogP contribution in [0.25, 0.3) is 0 Å². The topological polar surface area (TPSA) is 29.3 Å². The monoisotopic (exact) mass is 238 g/mol. The molecule has 88 valence electrons. The highest BCUT2D eigenvalue weighted by Crippen LogP contribution is 2.38. The highest BCUT2D eigenvalue weighted by atomic mass is 35.5. The molecule has 2 N–H and O–H groups in total. The molecule has 0 aliphatic carbocycles. The molecule has 1 aromatic carbocycles. The van der Waals surface area contributed by atoms with Crippen molar-refractivity contribution in [2.75, 3.05) is 17.2 Å². The van der Waals surface area contributed by atoms with Crippen LogP contribution < -0.4 is 10.6 Å². The van der Waals surface area contributed by atoms with Gasteiger partial charge in [0, 0.05) is 12.6 Å². The first kappa shape index (κ1) is 11.6. The first-order valence-corrected chi connectivity index (χ1v) is 6.29. The standard InChI is InChI=1S/C13H19ClN2/c1-9(2)12-7-4-8-16(12)13-10(14)5-3-6-11(13)15/h3,5-6,9,12H,4,7-8,15H2,1-2H3. The third-order valence-electron chi connectivity index (χ3n) is 3.37. The number of nitrogens with two attached hydrogens (primary N) is 1. The van der Waals surface area contributed by atoms with Gasteiger partial charge in [-0.05, 0) is 30.9 Å². The van der Waals surface area contributed by atoms with E-state index in [4.69, 9.17) is 17.3 Å². The first-order valence-electron chi connectivity index (χ1n) is 5.92. The van der Waals surface area contributed by atoms with Crippen LogP contribution >= 0.6 is 11.6 Å². The van der Waals surface area contributed by atoms with Gasteiger partial charge in [-0.1, -0.05) is 31.5 Å². The molecule has 0 bridgehead atoms. The lowest BCUT2D eigenvalue weighted by Gasteiger charge is -2.31. The van der Waals surface area contributed by atoms with Gasteiger partial charge in [0.25, 0.3) is 0 Å². The lowest BCUT2D eigenvalue weighted by molar-refractivity contribution is 0.492. The average molecular weight is 239 g/mol. The Bertz CT molecular complexity index is 356. The number of halogens is 1. The minimum absolute atomic E-state index is 0.571. The molecule has 1 aliphatic rings. The van der Waals surface area contributed by atoms with Crippen LogP contribution in [0.1, 0.15) is 26.7 Å². The second-order valence-corrected chi connectivity index (χ2v) is 5.23. The summed E-state index contributed by atoms with van der Waals surface area (Å²) < 4.78 is 0. The van der Waals surface area contributed by atoms with Crippen LogP contribution in [-0.4, -0.2) is 12.6 Å². The molecule has 1 aliphatic heterocycles. The predicted molar refractivity (Wildman–Crippen MR) is 71.1 cm³/mol. The van der Waals surface area contributed by atoms with E-state index >= 15 is 0 Å². The van der Waals surface area contributed by atoms with Crippen molar-refractivity contribution in [2.45, 2.75) is 32.7 Å². The van der Waals surface area contributed by atoms with E-state index in [0.29, 0.717) is 12.0 Å². The summed E-state index contributed by atoms with van der Waals surface area (Å²) in [5.74, 6) is 0.637. The number of nitrogen functional groups attached to an aromatic ring is 1. The Hall–Kier alpha value is -0.890. The maximum Gasteiger partial charge on any atom is 0.0791 e. The summed E-state index contributed by atoms with van der Waals surface area (Å²) >= 11 is 6.26. The maximum atomic E-state index is 6.26. The van der Waals surface area contributed by atoms with Crippen molar-refractivity contribution in [1.82, 2.24) is 0 Å². The van der Waals surface area contributed by atoms with Gasteiger partial charge < -0.3 is 10.6 Å². The highest BCUT2D eigenvalue weighted by Gasteiger charge is 2.29. The van der Waals surface area contributed by atoms with Gasteiger partial charge in [0.1, 0.15) is 0 Å². The van der Waals surface area contributed by atoms with E-state index in [0.717, 1.165) is 22.9 Å². The minimum atomic E-state index is 0.571. The largest absolute Gasteiger partial charge is 0.397 e. The molecular formula is C13H19ClN2. The van der Waals surface area contributed by atoms with Crippen LogP contribution in [0, 0.1) is 5.92 Å². The van der Waals surface area contributed by atoms with Gasteiger partial charge in [-0.25, -0.2) is 0 Å². The average Bonchev–Trinajstić information content (AvgIpc) is 2.66. The predicted octanol–water partition coefficient (Wildman–Crippen LogP) is 3.55. The number of hydrogen-bond acceptors (Lipinski definition) is 2. The summed E-state index contributed by atoms with van der Waals surface area (Å²) in [5, 5.41) is 0.771. The summed E-state index contributed by atoms with van der Waals surface area (Å²) in [5.41, 5.74) is 7.86. The van der Waals surface area contributed by atoms with Crippen molar-refractivity contribution in [2.24, 2.45) is 5.92 Å². The Labute approximate surface area is 102 Å². The highest BCUT2D eigenvalue weighted by molar-refractivity contribution is 6.34. The smallest absolute Gasteiger partial charge is 0.0791 e. The quantitative estimate of drug-likeness (QED) is 0.799. The molecule has 1 aromatic rings. The van der Waals surface area contributed by atoms with Gasteiger partial charge in [0.15, 0.2) is 0 Å². The Morgan fingerprint density at radius 2 is 2.19 bits per heavy atom. The van der Waals surface area contributed by atoms with Gasteiger partial charge in [-0.3, -0.25) is 0 Å². The lowest BCUT2D eigenvalue weighted by Crippen LogP contribution is -2.34. The van der Waals surface area contributed by atoms with Crippen LogP contribution in [0.5, 0.6) is 0 Å². The summed E-state index contributed by atoms with van der Waals surface area (Å²) in [6.45, 7) is 5.59. The number of nitrogens with zero attached hydrogens (tertiary/aromatic N) is 1. The van der Waals surface area contributed by atoms with Crippen LogP contribution in [0.15, 0.2) is 18.2 Å².